The van der Waals surface area contributed by atoms with Crippen LogP contribution in [0.2, 0.25) is 10.0 Å². The summed E-state index contributed by atoms with van der Waals surface area (Å²) in [5.74, 6) is -1.53. The lowest BCUT2D eigenvalue weighted by Gasteiger charge is -2.21. The molecule has 2 aromatic carbocycles. The molecule has 0 aliphatic carbocycles. The molecule has 2 atom stereocenters. The summed E-state index contributed by atoms with van der Waals surface area (Å²) in [6, 6.07) is 7.35. The van der Waals surface area contributed by atoms with Crippen LogP contribution >= 0.6 is 23.2 Å². The first-order chi connectivity index (χ1) is 11.3. The number of anilines is 1. The molecule has 0 heterocycles. The van der Waals surface area contributed by atoms with Crippen LogP contribution in [0.15, 0.2) is 36.4 Å². The Labute approximate surface area is 149 Å². The van der Waals surface area contributed by atoms with Gasteiger partial charge >= 0.3 is 0 Å². The summed E-state index contributed by atoms with van der Waals surface area (Å²) in [5, 5.41) is 5.72. The van der Waals surface area contributed by atoms with Crippen LogP contribution in [-0.4, -0.2) is 11.9 Å². The summed E-state index contributed by atoms with van der Waals surface area (Å²) in [4.78, 5) is 12.2. The number of amides is 1. The van der Waals surface area contributed by atoms with E-state index in [0.717, 1.165) is 0 Å². The number of hydrogen-bond acceptors (Lipinski definition) is 2. The molecule has 3 nitrogen and oxygen atoms in total. The lowest BCUT2D eigenvalue weighted by molar-refractivity contribution is -0.118. The quantitative estimate of drug-likeness (QED) is 0.729. The van der Waals surface area contributed by atoms with Gasteiger partial charge in [0.2, 0.25) is 5.91 Å². The van der Waals surface area contributed by atoms with E-state index in [4.69, 9.17) is 23.2 Å². The topological polar surface area (TPSA) is 41.1 Å². The standard InChI is InChI=1S/C17H16Cl2F2N2O/c1-9(11-7-15(21)13(19)8-12(11)18)22-10(2)17(24)23-16-6-4-3-5-14(16)20/h3-10,22H,1-2H3,(H,23,24)/t9-,10+/m0/s1. The SMILES string of the molecule is C[C@H](N[C@H](C)C(=O)Nc1ccccc1F)c1cc(F)c(Cl)cc1Cl. The van der Waals surface area contributed by atoms with Crippen LogP contribution in [0.25, 0.3) is 0 Å². The molecule has 0 radical (unpaired) electrons. The molecule has 0 aliphatic heterocycles. The molecule has 1 amide bonds. The number of hydrogen-bond donors (Lipinski definition) is 2. The minimum Gasteiger partial charge on any atom is -0.322 e. The third kappa shape index (κ3) is 4.44. The number of carbonyl (C=O) groups is 1. The molecular weight excluding hydrogens is 357 g/mol. The van der Waals surface area contributed by atoms with Gasteiger partial charge < -0.3 is 5.32 Å². The van der Waals surface area contributed by atoms with E-state index in [1.54, 1.807) is 19.9 Å². The van der Waals surface area contributed by atoms with Crippen LogP contribution in [0.1, 0.15) is 25.5 Å². The minimum absolute atomic E-state index is 0.0682. The van der Waals surface area contributed by atoms with Crippen molar-refractivity contribution in [1.82, 2.24) is 5.32 Å². The van der Waals surface area contributed by atoms with Crippen LogP contribution in [0.3, 0.4) is 0 Å². The Hall–Kier alpha value is -1.69. The molecule has 0 bridgehead atoms. The largest absolute Gasteiger partial charge is 0.322 e. The molecule has 24 heavy (non-hydrogen) atoms. The van der Waals surface area contributed by atoms with E-state index in [1.165, 1.54) is 30.3 Å². The fourth-order valence-corrected chi connectivity index (χ4v) is 2.76. The highest BCUT2D eigenvalue weighted by Gasteiger charge is 2.20. The highest BCUT2D eigenvalue weighted by Crippen LogP contribution is 2.28. The molecule has 0 fully saturated rings. The van der Waals surface area contributed by atoms with E-state index in [9.17, 15) is 13.6 Å². The Kier molecular flexibility index (Phi) is 6.15. The van der Waals surface area contributed by atoms with Gasteiger partial charge in [0, 0.05) is 11.1 Å². The third-order valence-electron chi connectivity index (χ3n) is 3.53. The molecule has 7 heteroatoms. The number of nitrogens with one attached hydrogen (secondary N) is 2. The van der Waals surface area contributed by atoms with Gasteiger partial charge in [-0.3, -0.25) is 10.1 Å². The summed E-state index contributed by atoms with van der Waals surface area (Å²) in [6.07, 6.45) is 0. The average Bonchev–Trinajstić information content (AvgIpc) is 2.52. The highest BCUT2D eigenvalue weighted by atomic mass is 35.5. The maximum absolute atomic E-state index is 13.6. The Morgan fingerprint density at radius 1 is 1.04 bits per heavy atom. The molecule has 2 N–H and O–H groups in total. The van der Waals surface area contributed by atoms with Crippen molar-refractivity contribution in [2.24, 2.45) is 0 Å². The average molecular weight is 373 g/mol. The van der Waals surface area contributed by atoms with Crippen molar-refractivity contribution in [3.05, 3.63) is 63.6 Å². The highest BCUT2D eigenvalue weighted by molar-refractivity contribution is 6.35. The predicted molar refractivity (Wildman–Crippen MR) is 92.5 cm³/mol. The number of carbonyl (C=O) groups excluding carboxylic acids is 1. The van der Waals surface area contributed by atoms with E-state index in [0.29, 0.717) is 10.6 Å². The maximum Gasteiger partial charge on any atom is 0.241 e. The molecule has 0 spiro atoms. The normalized spacial score (nSPS) is 13.4. The molecule has 0 saturated carbocycles. The fraction of sp³-hybridized carbons (Fsp3) is 0.235. The summed E-state index contributed by atoms with van der Waals surface area (Å²) in [7, 11) is 0. The van der Waals surface area contributed by atoms with E-state index in [-0.39, 0.29) is 10.7 Å². The summed E-state index contributed by atoms with van der Waals surface area (Å²) < 4.78 is 27.2. The fourth-order valence-electron chi connectivity index (χ4n) is 2.21. The van der Waals surface area contributed by atoms with E-state index >= 15 is 0 Å². The van der Waals surface area contributed by atoms with Gasteiger partial charge in [-0.05, 0) is 43.7 Å². The predicted octanol–water partition coefficient (Wildman–Crippen LogP) is 4.95. The molecule has 0 saturated heterocycles. The van der Waals surface area contributed by atoms with Crippen molar-refractivity contribution in [3.8, 4) is 0 Å². The molecule has 0 unspecified atom stereocenters. The first-order valence-corrected chi connectivity index (χ1v) is 8.01. The first kappa shape index (κ1) is 18.6. The van der Waals surface area contributed by atoms with Gasteiger partial charge in [-0.1, -0.05) is 35.3 Å². The van der Waals surface area contributed by atoms with Gasteiger partial charge in [0.25, 0.3) is 0 Å². The summed E-state index contributed by atoms with van der Waals surface area (Å²) >= 11 is 11.7. The van der Waals surface area contributed by atoms with Crippen LogP contribution < -0.4 is 10.6 Å². The lowest BCUT2D eigenvalue weighted by Crippen LogP contribution is -2.39. The molecule has 128 valence electrons. The van der Waals surface area contributed by atoms with E-state index in [2.05, 4.69) is 10.6 Å². The third-order valence-corrected chi connectivity index (χ3v) is 4.15. The van der Waals surface area contributed by atoms with Gasteiger partial charge in [0.1, 0.15) is 11.6 Å². The van der Waals surface area contributed by atoms with Crippen molar-refractivity contribution < 1.29 is 13.6 Å². The van der Waals surface area contributed by atoms with Crippen molar-refractivity contribution in [3.63, 3.8) is 0 Å². The smallest absolute Gasteiger partial charge is 0.241 e. The maximum atomic E-state index is 13.6. The van der Waals surface area contributed by atoms with Crippen molar-refractivity contribution in [2.75, 3.05) is 5.32 Å². The van der Waals surface area contributed by atoms with Crippen LogP contribution in [0.5, 0.6) is 0 Å². The second kappa shape index (κ2) is 7.92. The molecular formula is C17H16Cl2F2N2O. The Balaban J connectivity index is 2.06. The first-order valence-electron chi connectivity index (χ1n) is 7.25. The van der Waals surface area contributed by atoms with Gasteiger partial charge in [-0.15, -0.1) is 0 Å². The summed E-state index contributed by atoms with van der Waals surface area (Å²) in [5.41, 5.74) is 0.573. The number of benzene rings is 2. The van der Waals surface area contributed by atoms with Gasteiger partial charge in [0.15, 0.2) is 0 Å². The summed E-state index contributed by atoms with van der Waals surface area (Å²) in [6.45, 7) is 3.36. The van der Waals surface area contributed by atoms with Crippen LogP contribution in [0, 0.1) is 11.6 Å². The van der Waals surface area contributed by atoms with E-state index in [1.807, 2.05) is 0 Å². The zero-order chi connectivity index (χ0) is 17.9. The van der Waals surface area contributed by atoms with Crippen molar-refractivity contribution >= 4 is 34.8 Å². The number of rotatable bonds is 5. The zero-order valence-corrected chi connectivity index (χ0v) is 14.6. The zero-order valence-electron chi connectivity index (χ0n) is 13.0. The Morgan fingerprint density at radius 3 is 2.38 bits per heavy atom. The van der Waals surface area contributed by atoms with Gasteiger partial charge in [0.05, 0.1) is 16.8 Å². The Bertz CT molecular complexity index is 755. The second-order valence-electron chi connectivity index (χ2n) is 5.37. The monoisotopic (exact) mass is 372 g/mol. The molecule has 2 rings (SSSR count). The molecule has 2 aromatic rings. The molecule has 0 aromatic heterocycles. The van der Waals surface area contributed by atoms with Gasteiger partial charge in [-0.2, -0.15) is 0 Å². The Morgan fingerprint density at radius 2 is 1.71 bits per heavy atom. The minimum atomic E-state index is -0.658. The number of para-hydroxylation sites is 1. The van der Waals surface area contributed by atoms with Crippen LogP contribution in [0.4, 0.5) is 14.5 Å². The van der Waals surface area contributed by atoms with Crippen LogP contribution in [-0.2, 0) is 4.79 Å². The van der Waals surface area contributed by atoms with Gasteiger partial charge in [-0.25, -0.2) is 8.78 Å². The molecule has 0 aliphatic rings. The lowest BCUT2D eigenvalue weighted by atomic mass is 10.1. The second-order valence-corrected chi connectivity index (χ2v) is 6.18. The number of halogens is 4. The van der Waals surface area contributed by atoms with Crippen molar-refractivity contribution in [1.29, 1.82) is 0 Å². The van der Waals surface area contributed by atoms with Crippen molar-refractivity contribution in [2.45, 2.75) is 25.9 Å². The van der Waals surface area contributed by atoms with E-state index < -0.39 is 29.6 Å².